The van der Waals surface area contributed by atoms with Crippen LogP contribution in [0, 0.1) is 6.92 Å². The molecule has 0 aliphatic rings. The van der Waals surface area contributed by atoms with Crippen LogP contribution in [-0.2, 0) is 6.61 Å². The second-order valence-electron chi connectivity index (χ2n) is 3.46. The number of aryl methyl sites for hydroxylation is 1. The fraction of sp³-hybridized carbons (Fsp3) is 0.154. The molecule has 1 aromatic heterocycles. The van der Waals surface area contributed by atoms with Gasteiger partial charge in [0.2, 0.25) is 5.89 Å². The molecule has 1 N–H and O–H groups in total. The fourth-order valence-corrected chi connectivity index (χ4v) is 1.40. The van der Waals surface area contributed by atoms with Crippen LogP contribution in [0.4, 0.5) is 0 Å². The summed E-state index contributed by atoms with van der Waals surface area (Å²) in [5.41, 5.74) is 1.68. The summed E-state index contributed by atoms with van der Waals surface area (Å²) in [5, 5.41) is 8.97. The predicted octanol–water partition coefficient (Wildman–Crippen LogP) is 2.65. The largest absolute Gasteiger partial charge is 0.442 e. The first-order chi connectivity index (χ1) is 7.79. The van der Waals surface area contributed by atoms with Crippen molar-refractivity contribution in [3.05, 3.63) is 53.2 Å². The molecule has 0 amide bonds. The van der Waals surface area contributed by atoms with Gasteiger partial charge in [0, 0.05) is 6.08 Å². The van der Waals surface area contributed by atoms with Gasteiger partial charge in [-0.3, -0.25) is 0 Å². The van der Waals surface area contributed by atoms with E-state index in [2.05, 4.69) is 4.98 Å². The Morgan fingerprint density at radius 2 is 2.00 bits per heavy atom. The number of aliphatic hydroxyl groups excluding tert-OH is 1. The highest BCUT2D eigenvalue weighted by Gasteiger charge is 2.05. The van der Waals surface area contributed by atoms with Gasteiger partial charge in [0.25, 0.3) is 0 Å². The number of benzene rings is 1. The lowest BCUT2D eigenvalue weighted by Crippen LogP contribution is -1.84. The van der Waals surface area contributed by atoms with E-state index < -0.39 is 0 Å². The van der Waals surface area contributed by atoms with Gasteiger partial charge in [-0.2, -0.15) is 0 Å². The first kappa shape index (κ1) is 10.6. The van der Waals surface area contributed by atoms with E-state index in [1.165, 1.54) is 0 Å². The van der Waals surface area contributed by atoms with Crippen LogP contribution in [-0.4, -0.2) is 10.1 Å². The van der Waals surface area contributed by atoms with E-state index in [1.807, 2.05) is 36.4 Å². The molecule has 82 valence electrons. The SMILES string of the molecule is Cc1oc(/C=C/c2ccccc2)nc1CO. The summed E-state index contributed by atoms with van der Waals surface area (Å²) < 4.78 is 5.37. The summed E-state index contributed by atoms with van der Waals surface area (Å²) in [4.78, 5) is 4.14. The highest BCUT2D eigenvalue weighted by Crippen LogP contribution is 2.12. The molecule has 2 aromatic rings. The third-order valence-corrected chi connectivity index (χ3v) is 2.28. The van der Waals surface area contributed by atoms with Crippen LogP contribution < -0.4 is 0 Å². The smallest absolute Gasteiger partial charge is 0.219 e. The number of nitrogens with zero attached hydrogens (tertiary/aromatic N) is 1. The van der Waals surface area contributed by atoms with Crippen molar-refractivity contribution in [3.63, 3.8) is 0 Å². The minimum atomic E-state index is -0.0888. The maximum Gasteiger partial charge on any atom is 0.219 e. The van der Waals surface area contributed by atoms with Crippen LogP contribution in [0.5, 0.6) is 0 Å². The normalized spacial score (nSPS) is 11.1. The Morgan fingerprint density at radius 1 is 1.25 bits per heavy atom. The van der Waals surface area contributed by atoms with Crippen LogP contribution in [0.25, 0.3) is 12.2 Å². The van der Waals surface area contributed by atoms with Gasteiger partial charge in [0.05, 0.1) is 6.61 Å². The number of hydrogen-bond donors (Lipinski definition) is 1. The van der Waals surface area contributed by atoms with Gasteiger partial charge in [0.15, 0.2) is 0 Å². The van der Waals surface area contributed by atoms with Crippen molar-refractivity contribution in [2.75, 3.05) is 0 Å². The van der Waals surface area contributed by atoms with Crippen molar-refractivity contribution in [2.24, 2.45) is 0 Å². The van der Waals surface area contributed by atoms with Crippen molar-refractivity contribution < 1.29 is 9.52 Å². The number of hydrogen-bond acceptors (Lipinski definition) is 3. The molecule has 0 aliphatic carbocycles. The molecule has 0 saturated carbocycles. The van der Waals surface area contributed by atoms with Crippen LogP contribution >= 0.6 is 0 Å². The Bertz CT molecular complexity index is 486. The Kier molecular flexibility index (Phi) is 3.17. The van der Waals surface area contributed by atoms with E-state index >= 15 is 0 Å². The molecular weight excluding hydrogens is 202 g/mol. The van der Waals surface area contributed by atoms with Gasteiger partial charge in [-0.05, 0) is 18.6 Å². The molecule has 0 spiro atoms. The quantitative estimate of drug-likeness (QED) is 0.856. The molecule has 0 bridgehead atoms. The van der Waals surface area contributed by atoms with E-state index in [9.17, 15) is 0 Å². The fourth-order valence-electron chi connectivity index (χ4n) is 1.40. The number of oxazole rings is 1. The summed E-state index contributed by atoms with van der Waals surface area (Å²) in [5.74, 6) is 1.18. The second kappa shape index (κ2) is 4.77. The third-order valence-electron chi connectivity index (χ3n) is 2.28. The monoisotopic (exact) mass is 215 g/mol. The topological polar surface area (TPSA) is 46.3 Å². The number of rotatable bonds is 3. The molecule has 3 nitrogen and oxygen atoms in total. The van der Waals surface area contributed by atoms with Crippen molar-refractivity contribution in [3.8, 4) is 0 Å². The van der Waals surface area contributed by atoms with E-state index in [0.29, 0.717) is 17.3 Å². The minimum absolute atomic E-state index is 0.0888. The van der Waals surface area contributed by atoms with Crippen molar-refractivity contribution in [2.45, 2.75) is 13.5 Å². The average Bonchev–Trinajstić information content (AvgIpc) is 2.69. The highest BCUT2D eigenvalue weighted by molar-refractivity contribution is 5.65. The summed E-state index contributed by atoms with van der Waals surface area (Å²) in [6.45, 7) is 1.70. The summed E-state index contributed by atoms with van der Waals surface area (Å²) in [6, 6.07) is 9.91. The molecule has 16 heavy (non-hydrogen) atoms. The average molecular weight is 215 g/mol. The molecule has 3 heteroatoms. The predicted molar refractivity (Wildman–Crippen MR) is 62.5 cm³/mol. The van der Waals surface area contributed by atoms with Crippen molar-refractivity contribution >= 4 is 12.2 Å². The van der Waals surface area contributed by atoms with Gasteiger partial charge in [-0.25, -0.2) is 4.98 Å². The van der Waals surface area contributed by atoms with Crippen LogP contribution in [0.1, 0.15) is 22.9 Å². The lowest BCUT2D eigenvalue weighted by atomic mass is 10.2. The first-order valence-corrected chi connectivity index (χ1v) is 5.10. The Labute approximate surface area is 94.1 Å². The summed E-state index contributed by atoms with van der Waals surface area (Å²) in [6.07, 6.45) is 3.72. The van der Waals surface area contributed by atoms with Crippen LogP contribution in [0.2, 0.25) is 0 Å². The Hall–Kier alpha value is -1.87. The third kappa shape index (κ3) is 2.38. The summed E-state index contributed by atoms with van der Waals surface area (Å²) >= 11 is 0. The highest BCUT2D eigenvalue weighted by atomic mass is 16.4. The lowest BCUT2D eigenvalue weighted by Gasteiger charge is -1.89. The van der Waals surface area contributed by atoms with Crippen molar-refractivity contribution in [1.82, 2.24) is 4.98 Å². The molecule has 0 radical (unpaired) electrons. The van der Waals surface area contributed by atoms with E-state index in [1.54, 1.807) is 13.0 Å². The minimum Gasteiger partial charge on any atom is -0.442 e. The van der Waals surface area contributed by atoms with Crippen LogP contribution in [0.15, 0.2) is 34.7 Å². The maximum absolute atomic E-state index is 8.97. The first-order valence-electron chi connectivity index (χ1n) is 5.10. The second-order valence-corrected chi connectivity index (χ2v) is 3.46. The zero-order valence-corrected chi connectivity index (χ0v) is 9.05. The molecule has 0 fully saturated rings. The van der Waals surface area contributed by atoms with E-state index in [0.717, 1.165) is 5.56 Å². The molecule has 2 rings (SSSR count). The van der Waals surface area contributed by atoms with Crippen LogP contribution in [0.3, 0.4) is 0 Å². The molecule has 1 aromatic carbocycles. The molecule has 0 atom stereocenters. The number of aliphatic hydroxyl groups is 1. The van der Waals surface area contributed by atoms with Crippen molar-refractivity contribution in [1.29, 1.82) is 0 Å². The van der Waals surface area contributed by atoms with Gasteiger partial charge in [-0.15, -0.1) is 0 Å². The molecule has 0 unspecified atom stereocenters. The zero-order chi connectivity index (χ0) is 11.4. The van der Waals surface area contributed by atoms with Gasteiger partial charge < -0.3 is 9.52 Å². The van der Waals surface area contributed by atoms with Gasteiger partial charge in [-0.1, -0.05) is 30.3 Å². The Balaban J connectivity index is 2.18. The van der Waals surface area contributed by atoms with Gasteiger partial charge >= 0.3 is 0 Å². The summed E-state index contributed by atoms with van der Waals surface area (Å²) in [7, 11) is 0. The number of aromatic nitrogens is 1. The molecular formula is C13H13NO2. The van der Waals surface area contributed by atoms with E-state index in [4.69, 9.17) is 9.52 Å². The Morgan fingerprint density at radius 3 is 2.62 bits per heavy atom. The molecule has 0 aliphatic heterocycles. The molecule has 0 saturated heterocycles. The van der Waals surface area contributed by atoms with E-state index in [-0.39, 0.29) is 6.61 Å². The van der Waals surface area contributed by atoms with Gasteiger partial charge in [0.1, 0.15) is 11.5 Å². The standard InChI is InChI=1S/C13H13NO2/c1-10-12(9-15)14-13(16-10)8-7-11-5-3-2-4-6-11/h2-8,15H,9H2,1H3/b8-7+. The zero-order valence-electron chi connectivity index (χ0n) is 9.05. The lowest BCUT2D eigenvalue weighted by molar-refractivity contribution is 0.275. The molecule has 1 heterocycles. The maximum atomic E-state index is 8.97.